The molecule has 1 atom stereocenters. The van der Waals surface area contributed by atoms with Crippen LogP contribution in [0.25, 0.3) is 0 Å². The fourth-order valence-electron chi connectivity index (χ4n) is 0.667. The zero-order chi connectivity index (χ0) is 10.1. The molecule has 0 rings (SSSR count). The monoisotopic (exact) mass is 173 g/mol. The van der Waals surface area contributed by atoms with E-state index in [-0.39, 0.29) is 18.9 Å². The maximum atomic E-state index is 3.31. The summed E-state index contributed by atoms with van der Waals surface area (Å²) in [5.41, 5.74) is 0. The summed E-state index contributed by atoms with van der Waals surface area (Å²) >= 11 is 2.22. The molecule has 0 saturated heterocycles. The van der Waals surface area contributed by atoms with Gasteiger partial charge in [0, 0.05) is 12.1 Å². The molecule has 0 aromatic heterocycles. The Kier molecular flexibility index (Phi) is 19.9. The first kappa shape index (κ1) is 19.7. The summed E-state index contributed by atoms with van der Waals surface area (Å²) in [6.45, 7) is 13.0. The Morgan fingerprint density at radius 2 is 1.23 bits per heavy atom. The van der Waals surface area contributed by atoms with Crippen LogP contribution in [0, 0.1) is 0 Å². The summed E-state index contributed by atoms with van der Waals surface area (Å²) in [5, 5.41) is 3.31. The van der Waals surface area contributed by atoms with Crippen LogP contribution in [0.15, 0.2) is 0 Å². The standard InChI is InChI=1S/C6H15N.C4H9.2Li.H/c1-5(2)7-6(3)4;1-3-4-2;;;/h5-7H,1-4H3;3H,4H2,1-2H3;;;. The molecular weight excluding hydrogens is 148 g/mol. The predicted molar refractivity (Wildman–Crippen MR) is 66.0 cm³/mol. The summed E-state index contributed by atoms with van der Waals surface area (Å²) in [7, 11) is 0. The Morgan fingerprint density at radius 3 is 1.23 bits per heavy atom. The number of hydrogen-bond acceptors (Lipinski definition) is 1. The van der Waals surface area contributed by atoms with Crippen molar-refractivity contribution in [2.75, 3.05) is 0 Å². The van der Waals surface area contributed by atoms with Crippen LogP contribution < -0.4 is 5.32 Å². The van der Waals surface area contributed by atoms with Crippen molar-refractivity contribution in [1.82, 2.24) is 5.32 Å². The molecule has 0 heterocycles. The van der Waals surface area contributed by atoms with Crippen LogP contribution in [0.3, 0.4) is 0 Å². The molecular formula is C10H25Li2N. The van der Waals surface area contributed by atoms with Gasteiger partial charge in [0.1, 0.15) is 0 Å². The second-order valence-corrected chi connectivity index (χ2v) is 4.28. The van der Waals surface area contributed by atoms with Crippen LogP contribution in [0.5, 0.6) is 0 Å². The second kappa shape index (κ2) is 13.2. The minimum atomic E-state index is 0. The van der Waals surface area contributed by atoms with Gasteiger partial charge < -0.3 is 5.32 Å². The molecule has 0 spiro atoms. The molecule has 0 aromatic carbocycles. The Labute approximate surface area is 106 Å². The average molecular weight is 173 g/mol. The molecule has 3 heteroatoms. The Morgan fingerprint density at radius 1 is 1.00 bits per heavy atom. The van der Waals surface area contributed by atoms with Crippen molar-refractivity contribution in [3.05, 3.63) is 0 Å². The Hall–Kier alpha value is 1.15. The third-order valence-corrected chi connectivity index (χ3v) is 1.48. The molecule has 0 aliphatic rings. The van der Waals surface area contributed by atoms with E-state index in [1.807, 2.05) is 0 Å². The fourth-order valence-corrected chi connectivity index (χ4v) is 0.667. The zero-order valence-corrected chi connectivity index (χ0v) is 9.94. The molecule has 72 valence electrons. The van der Waals surface area contributed by atoms with E-state index >= 15 is 0 Å². The van der Waals surface area contributed by atoms with Gasteiger partial charge in [-0.2, -0.15) is 0 Å². The first-order valence-corrected chi connectivity index (χ1v) is 5.16. The molecule has 0 aliphatic carbocycles. The minimum absolute atomic E-state index is 0. The van der Waals surface area contributed by atoms with E-state index in [1.165, 1.54) is 6.42 Å². The van der Waals surface area contributed by atoms with Crippen LogP contribution in [0.1, 0.15) is 48.0 Å². The molecule has 0 amide bonds. The van der Waals surface area contributed by atoms with Gasteiger partial charge in [0.25, 0.3) is 0 Å². The van der Waals surface area contributed by atoms with E-state index in [4.69, 9.17) is 0 Å². The van der Waals surface area contributed by atoms with Gasteiger partial charge in [-0.1, -0.05) is 27.7 Å². The Balaban J connectivity index is -0.000000150. The van der Waals surface area contributed by atoms with Gasteiger partial charge in [-0.05, 0) is 0 Å². The van der Waals surface area contributed by atoms with Gasteiger partial charge in [-0.15, -0.1) is 0 Å². The third kappa shape index (κ3) is 32.0. The van der Waals surface area contributed by atoms with Crippen molar-refractivity contribution in [2.45, 2.75) is 64.6 Å². The number of rotatable bonds is 3. The van der Waals surface area contributed by atoms with E-state index in [0.717, 1.165) is 4.59 Å². The first-order chi connectivity index (χ1) is 5.40. The third-order valence-electron chi connectivity index (χ3n) is 1.48. The molecule has 0 radical (unpaired) electrons. The first-order valence-electron chi connectivity index (χ1n) is 5.16. The second-order valence-electron chi connectivity index (χ2n) is 4.28. The van der Waals surface area contributed by atoms with Gasteiger partial charge in [0.15, 0.2) is 0 Å². The van der Waals surface area contributed by atoms with Crippen LogP contribution in [0.2, 0.25) is 4.59 Å². The quantitative estimate of drug-likeness (QED) is 0.644. The van der Waals surface area contributed by atoms with Crippen LogP contribution >= 0.6 is 0 Å². The van der Waals surface area contributed by atoms with Gasteiger partial charge >= 0.3 is 61.4 Å². The molecule has 13 heavy (non-hydrogen) atoms. The van der Waals surface area contributed by atoms with Crippen LogP contribution in [0.4, 0.5) is 0 Å². The molecule has 1 nitrogen and oxygen atoms in total. The van der Waals surface area contributed by atoms with Crippen molar-refractivity contribution in [2.24, 2.45) is 0 Å². The summed E-state index contributed by atoms with van der Waals surface area (Å²) < 4.78 is 0.884. The zero-order valence-electron chi connectivity index (χ0n) is 9.94. The van der Waals surface area contributed by atoms with Crippen molar-refractivity contribution in [1.29, 1.82) is 0 Å². The summed E-state index contributed by atoms with van der Waals surface area (Å²) in [6.07, 6.45) is 1.31. The SMILES string of the molecule is CC(C)NC(C)C.[LiH].[Li][CH](C)CC. The van der Waals surface area contributed by atoms with Gasteiger partial charge in [0.2, 0.25) is 0 Å². The number of nitrogens with one attached hydrogen (secondary N) is 1. The normalized spacial score (nSPS) is 11.8. The van der Waals surface area contributed by atoms with E-state index in [2.05, 4.69) is 64.6 Å². The summed E-state index contributed by atoms with van der Waals surface area (Å²) in [6, 6.07) is 1.25. The molecule has 0 aliphatic heterocycles. The van der Waals surface area contributed by atoms with Gasteiger partial charge in [-0.3, -0.25) is 0 Å². The Bertz CT molecular complexity index is 77.0. The van der Waals surface area contributed by atoms with E-state index in [0.29, 0.717) is 12.1 Å². The maximum absolute atomic E-state index is 3.31. The van der Waals surface area contributed by atoms with Crippen LogP contribution in [-0.2, 0) is 0 Å². The van der Waals surface area contributed by atoms with Crippen molar-refractivity contribution in [3.63, 3.8) is 0 Å². The fraction of sp³-hybridized carbons (Fsp3) is 1.00. The van der Waals surface area contributed by atoms with E-state index in [9.17, 15) is 0 Å². The van der Waals surface area contributed by atoms with Gasteiger partial charge in [-0.25, -0.2) is 0 Å². The van der Waals surface area contributed by atoms with E-state index < -0.39 is 0 Å². The topological polar surface area (TPSA) is 12.0 Å². The summed E-state index contributed by atoms with van der Waals surface area (Å²) in [4.78, 5) is 0. The molecule has 0 bridgehead atoms. The molecule has 1 unspecified atom stereocenters. The molecule has 1 N–H and O–H groups in total. The average Bonchev–Trinajstić information content (AvgIpc) is 1.85. The van der Waals surface area contributed by atoms with Crippen molar-refractivity contribution < 1.29 is 0 Å². The molecule has 0 saturated carbocycles. The molecule has 0 aromatic rings. The van der Waals surface area contributed by atoms with Crippen molar-refractivity contribution >= 4 is 36.6 Å². The van der Waals surface area contributed by atoms with E-state index in [1.54, 1.807) is 0 Å². The van der Waals surface area contributed by atoms with Gasteiger partial charge in [0.05, 0.1) is 0 Å². The molecule has 0 fully saturated rings. The van der Waals surface area contributed by atoms with Crippen molar-refractivity contribution in [3.8, 4) is 0 Å². The predicted octanol–water partition coefficient (Wildman–Crippen LogP) is 2.12. The van der Waals surface area contributed by atoms with Crippen LogP contribution in [-0.4, -0.2) is 48.7 Å². The number of hydrogen-bond donors (Lipinski definition) is 1. The summed E-state index contributed by atoms with van der Waals surface area (Å²) in [5.74, 6) is 0.